The molecule has 2 aliphatic rings. The van der Waals surface area contributed by atoms with E-state index in [1.54, 1.807) is 0 Å². The summed E-state index contributed by atoms with van der Waals surface area (Å²) in [5.74, 6) is 0.508. The fourth-order valence-corrected chi connectivity index (χ4v) is 3.81. The molecule has 1 amide bonds. The number of nitrogens with zero attached hydrogens (tertiary/aromatic N) is 2. The maximum atomic E-state index is 11.4. The van der Waals surface area contributed by atoms with Crippen molar-refractivity contribution in [3.63, 3.8) is 0 Å². The van der Waals surface area contributed by atoms with E-state index in [9.17, 15) is 4.79 Å². The van der Waals surface area contributed by atoms with E-state index in [4.69, 9.17) is 4.74 Å². The van der Waals surface area contributed by atoms with Gasteiger partial charge in [-0.2, -0.15) is 0 Å². The minimum Gasteiger partial charge on any atom is -0.441 e. The van der Waals surface area contributed by atoms with Crippen molar-refractivity contribution in [2.45, 2.75) is 65.5 Å². The van der Waals surface area contributed by atoms with Gasteiger partial charge in [-0.15, -0.1) is 0 Å². The van der Waals surface area contributed by atoms with Gasteiger partial charge in [0.2, 0.25) is 0 Å². The molecule has 1 unspecified atom stereocenters. The van der Waals surface area contributed by atoms with E-state index in [-0.39, 0.29) is 11.7 Å². The van der Waals surface area contributed by atoms with E-state index in [1.165, 1.54) is 6.42 Å². The fraction of sp³-hybridized carbons (Fsp3) is 0.600. The molecule has 1 saturated heterocycles. The van der Waals surface area contributed by atoms with Gasteiger partial charge in [0, 0.05) is 6.54 Å². The van der Waals surface area contributed by atoms with Crippen LogP contribution in [0, 0.1) is 5.92 Å². The Hall–Kier alpha value is -2.04. The van der Waals surface area contributed by atoms with E-state index in [2.05, 4.69) is 20.9 Å². The molecule has 2 fully saturated rings. The number of ether oxygens (including phenoxy) is 1. The van der Waals surface area contributed by atoms with Crippen LogP contribution in [0.3, 0.4) is 0 Å². The summed E-state index contributed by atoms with van der Waals surface area (Å²) in [6.07, 6.45) is 14.0. The Morgan fingerprint density at radius 3 is 2.76 bits per heavy atom. The van der Waals surface area contributed by atoms with Crippen LogP contribution in [0.5, 0.6) is 0 Å². The molecule has 0 radical (unpaired) electrons. The third-order valence-electron chi connectivity index (χ3n) is 4.78. The summed E-state index contributed by atoms with van der Waals surface area (Å²) in [6.45, 7) is 9.60. The van der Waals surface area contributed by atoms with Crippen LogP contribution in [-0.2, 0) is 11.3 Å². The van der Waals surface area contributed by atoms with E-state index in [0.717, 1.165) is 37.2 Å². The van der Waals surface area contributed by atoms with Crippen LogP contribution >= 0.6 is 0 Å². The lowest BCUT2D eigenvalue weighted by atomic mass is 9.78. The van der Waals surface area contributed by atoms with Crippen LogP contribution < -0.4 is 5.32 Å². The molecule has 2 atom stereocenters. The SMILES string of the molecule is C/C=C\c1ncn(CC2CCC[C@@]3(CNC(=O)O3)C2)c1/C=C\C.CC. The molecule has 0 bridgehead atoms. The molecule has 2 heterocycles. The number of amides is 1. The lowest BCUT2D eigenvalue weighted by molar-refractivity contribution is 0.00414. The van der Waals surface area contributed by atoms with Crippen molar-refractivity contribution in [2.75, 3.05) is 6.54 Å². The molecular formula is C20H31N3O2. The lowest BCUT2D eigenvalue weighted by Crippen LogP contribution is -2.39. The Balaban J connectivity index is 0.00000109. The highest BCUT2D eigenvalue weighted by Gasteiger charge is 2.44. The average Bonchev–Trinajstić information content (AvgIpc) is 3.15. The van der Waals surface area contributed by atoms with Gasteiger partial charge >= 0.3 is 6.09 Å². The van der Waals surface area contributed by atoms with Crippen molar-refractivity contribution < 1.29 is 9.53 Å². The van der Waals surface area contributed by atoms with Crippen molar-refractivity contribution in [2.24, 2.45) is 5.92 Å². The lowest BCUT2D eigenvalue weighted by Gasteiger charge is -2.35. The highest BCUT2D eigenvalue weighted by molar-refractivity contribution is 5.70. The summed E-state index contributed by atoms with van der Waals surface area (Å²) >= 11 is 0. The number of aromatic nitrogens is 2. The first-order chi connectivity index (χ1) is 12.2. The predicted octanol–water partition coefficient (Wildman–Crippen LogP) is 4.64. The molecule has 1 aromatic heterocycles. The highest BCUT2D eigenvalue weighted by Crippen LogP contribution is 2.38. The van der Waals surface area contributed by atoms with Gasteiger partial charge in [-0.05, 0) is 57.6 Å². The Kier molecular flexibility index (Phi) is 6.85. The average molecular weight is 345 g/mol. The molecule has 1 N–H and O–H groups in total. The molecule has 5 heteroatoms. The van der Waals surface area contributed by atoms with Gasteiger partial charge in [0.15, 0.2) is 0 Å². The van der Waals surface area contributed by atoms with Gasteiger partial charge in [-0.3, -0.25) is 0 Å². The molecule has 3 rings (SSSR count). The van der Waals surface area contributed by atoms with E-state index in [0.29, 0.717) is 12.5 Å². The quantitative estimate of drug-likeness (QED) is 0.864. The standard InChI is InChI=1S/C18H25N3O2.C2H6/c1-3-6-15-16(7-4-2)21(13-20-15)11-14-8-5-9-18(10-14)12-19-17(22)23-18;1-2/h3-4,6-7,13-14H,5,8-12H2,1-2H3,(H,19,22);1-2H3/b6-3-,7-4-;/t14?,18-;/m0./s1. The highest BCUT2D eigenvalue weighted by atomic mass is 16.6. The molecule has 1 aliphatic carbocycles. The van der Waals surface area contributed by atoms with Crippen LogP contribution in [0.4, 0.5) is 4.79 Å². The van der Waals surface area contributed by atoms with E-state index < -0.39 is 0 Å². The molecular weight excluding hydrogens is 314 g/mol. The second kappa shape index (κ2) is 8.88. The third kappa shape index (κ3) is 4.53. The summed E-state index contributed by atoms with van der Waals surface area (Å²) in [5.41, 5.74) is 1.87. The van der Waals surface area contributed by atoms with Gasteiger partial charge in [-0.1, -0.05) is 26.0 Å². The number of nitrogens with one attached hydrogen (secondary N) is 1. The largest absolute Gasteiger partial charge is 0.441 e. The van der Waals surface area contributed by atoms with Gasteiger partial charge in [-0.25, -0.2) is 9.78 Å². The number of hydrogen-bond acceptors (Lipinski definition) is 3. The maximum absolute atomic E-state index is 11.4. The summed E-state index contributed by atoms with van der Waals surface area (Å²) in [4.78, 5) is 15.9. The first kappa shape index (κ1) is 19.3. The fourth-order valence-electron chi connectivity index (χ4n) is 3.81. The second-order valence-corrected chi connectivity index (χ2v) is 6.56. The number of carbonyl (C=O) groups excluding carboxylic acids is 1. The summed E-state index contributed by atoms with van der Waals surface area (Å²) in [5, 5.41) is 2.82. The Labute approximate surface area is 151 Å². The third-order valence-corrected chi connectivity index (χ3v) is 4.78. The Morgan fingerprint density at radius 1 is 1.36 bits per heavy atom. The zero-order chi connectivity index (χ0) is 18.3. The Bertz CT molecular complexity index is 633. The van der Waals surface area contributed by atoms with Crippen LogP contribution in [-0.4, -0.2) is 27.8 Å². The van der Waals surface area contributed by atoms with Crippen molar-refractivity contribution in [1.29, 1.82) is 0 Å². The van der Waals surface area contributed by atoms with Crippen molar-refractivity contribution in [3.8, 4) is 0 Å². The number of rotatable bonds is 4. The van der Waals surface area contributed by atoms with Crippen LogP contribution in [0.2, 0.25) is 0 Å². The summed E-state index contributed by atoms with van der Waals surface area (Å²) in [6, 6.07) is 0. The van der Waals surface area contributed by atoms with Crippen molar-refractivity contribution in [1.82, 2.24) is 14.9 Å². The van der Waals surface area contributed by atoms with E-state index in [1.807, 2.05) is 52.3 Å². The van der Waals surface area contributed by atoms with Crippen LogP contribution in [0.1, 0.15) is 64.8 Å². The van der Waals surface area contributed by atoms with Gasteiger partial charge < -0.3 is 14.6 Å². The van der Waals surface area contributed by atoms with Crippen molar-refractivity contribution >= 4 is 18.2 Å². The van der Waals surface area contributed by atoms with Crippen LogP contribution in [0.25, 0.3) is 12.2 Å². The van der Waals surface area contributed by atoms with Gasteiger partial charge in [0.25, 0.3) is 0 Å². The summed E-state index contributed by atoms with van der Waals surface area (Å²) < 4.78 is 7.80. The molecule has 25 heavy (non-hydrogen) atoms. The number of hydrogen-bond donors (Lipinski definition) is 1. The molecule has 138 valence electrons. The second-order valence-electron chi connectivity index (χ2n) is 6.56. The predicted molar refractivity (Wildman–Crippen MR) is 102 cm³/mol. The minimum atomic E-state index is -0.284. The van der Waals surface area contributed by atoms with Gasteiger partial charge in [0.1, 0.15) is 5.60 Å². The topological polar surface area (TPSA) is 56.2 Å². The molecule has 1 spiro atoms. The molecule has 1 aliphatic heterocycles. The number of alkyl carbamates (subject to hydrolysis) is 1. The first-order valence-electron chi connectivity index (χ1n) is 9.43. The first-order valence-corrected chi connectivity index (χ1v) is 9.43. The maximum Gasteiger partial charge on any atom is 0.407 e. The Morgan fingerprint density at radius 2 is 2.12 bits per heavy atom. The zero-order valence-corrected chi connectivity index (χ0v) is 15.9. The van der Waals surface area contributed by atoms with Crippen LogP contribution in [0.15, 0.2) is 18.5 Å². The number of imidazole rings is 1. The molecule has 1 saturated carbocycles. The molecule has 1 aromatic rings. The number of allylic oxidation sites excluding steroid dienone is 2. The smallest absolute Gasteiger partial charge is 0.407 e. The zero-order valence-electron chi connectivity index (χ0n) is 15.9. The molecule has 0 aromatic carbocycles. The van der Waals surface area contributed by atoms with Gasteiger partial charge in [0.05, 0.1) is 24.3 Å². The molecule has 5 nitrogen and oxygen atoms in total. The number of carbonyl (C=O) groups is 1. The monoisotopic (exact) mass is 345 g/mol. The summed E-state index contributed by atoms with van der Waals surface area (Å²) in [7, 11) is 0. The minimum absolute atomic E-state index is 0.266. The van der Waals surface area contributed by atoms with E-state index >= 15 is 0 Å². The van der Waals surface area contributed by atoms with Crippen molar-refractivity contribution in [3.05, 3.63) is 29.9 Å². The normalized spacial score (nSPS) is 25.9.